The lowest BCUT2D eigenvalue weighted by molar-refractivity contribution is -0.142. The highest BCUT2D eigenvalue weighted by Crippen LogP contribution is 2.41. The Kier molecular flexibility index (Phi) is 2.98. The molecule has 0 amide bonds. The minimum Gasteiger partial charge on any atom is -0.481 e. The van der Waals surface area contributed by atoms with Crippen molar-refractivity contribution in [2.75, 3.05) is 13.2 Å². The molecule has 2 N–H and O–H groups in total. The van der Waals surface area contributed by atoms with Crippen molar-refractivity contribution in [3.05, 3.63) is 0 Å². The third kappa shape index (κ3) is 1.88. The largest absolute Gasteiger partial charge is 0.481 e. The van der Waals surface area contributed by atoms with Crippen molar-refractivity contribution in [3.8, 4) is 0 Å². The number of hydrogen-bond acceptors (Lipinski definition) is 3. The molecule has 2 aliphatic rings. The van der Waals surface area contributed by atoms with Gasteiger partial charge < -0.3 is 10.2 Å². The fourth-order valence-electron chi connectivity index (χ4n) is 3.07. The number of aliphatic carboxylic acids is 1. The van der Waals surface area contributed by atoms with Crippen LogP contribution in [0.2, 0.25) is 0 Å². The number of carboxylic acid groups (broad SMARTS) is 1. The molecule has 0 saturated carbocycles. The Morgan fingerprint density at radius 1 is 1.53 bits per heavy atom. The molecule has 4 heteroatoms. The number of aliphatic hydroxyl groups excluding tert-OH is 1. The highest BCUT2D eigenvalue weighted by molar-refractivity contribution is 5.71. The van der Waals surface area contributed by atoms with Gasteiger partial charge in [0.15, 0.2) is 0 Å². The van der Waals surface area contributed by atoms with Crippen LogP contribution in [0.15, 0.2) is 0 Å². The van der Waals surface area contributed by atoms with E-state index in [-0.39, 0.29) is 24.5 Å². The summed E-state index contributed by atoms with van der Waals surface area (Å²) in [5.41, 5.74) is 0. The smallest absolute Gasteiger partial charge is 0.308 e. The molecule has 0 aliphatic carbocycles. The van der Waals surface area contributed by atoms with Crippen molar-refractivity contribution in [1.29, 1.82) is 0 Å². The van der Waals surface area contributed by atoms with Crippen LogP contribution in [0.4, 0.5) is 0 Å². The topological polar surface area (TPSA) is 60.8 Å². The molecule has 0 aromatic carbocycles. The molecule has 0 aromatic rings. The molecule has 0 aromatic heterocycles. The predicted octanol–water partition coefficient (Wildman–Crippen LogP) is 0.552. The van der Waals surface area contributed by atoms with Crippen molar-refractivity contribution in [3.63, 3.8) is 0 Å². The molecular weight excluding hydrogens is 194 g/mol. The van der Waals surface area contributed by atoms with Gasteiger partial charge in [-0.15, -0.1) is 0 Å². The van der Waals surface area contributed by atoms with Crippen molar-refractivity contribution < 1.29 is 15.0 Å². The van der Waals surface area contributed by atoms with Crippen LogP contribution in [0, 0.1) is 11.8 Å². The molecule has 2 aliphatic heterocycles. The normalized spacial score (nSPS) is 37.1. The number of carboxylic acids is 1. The summed E-state index contributed by atoms with van der Waals surface area (Å²) in [5.74, 6) is -0.570. The quantitative estimate of drug-likeness (QED) is 0.716. The monoisotopic (exact) mass is 213 g/mol. The highest BCUT2D eigenvalue weighted by Gasteiger charge is 2.49. The number of fused-ring (bicyclic) bond motifs is 2. The lowest BCUT2D eigenvalue weighted by atomic mass is 9.89. The van der Waals surface area contributed by atoms with Crippen LogP contribution in [-0.4, -0.2) is 46.3 Å². The van der Waals surface area contributed by atoms with Crippen LogP contribution in [0.1, 0.15) is 26.2 Å². The minimum absolute atomic E-state index is 0.172. The molecule has 4 atom stereocenters. The molecule has 2 saturated heterocycles. The maximum absolute atomic E-state index is 11.0. The number of rotatable bonds is 4. The molecule has 2 rings (SSSR count). The van der Waals surface area contributed by atoms with Crippen molar-refractivity contribution in [2.24, 2.45) is 11.8 Å². The molecule has 2 fully saturated rings. The zero-order valence-corrected chi connectivity index (χ0v) is 9.09. The van der Waals surface area contributed by atoms with Crippen LogP contribution in [0.25, 0.3) is 0 Å². The van der Waals surface area contributed by atoms with Crippen LogP contribution in [-0.2, 0) is 4.79 Å². The number of hydrogen-bond donors (Lipinski definition) is 2. The van der Waals surface area contributed by atoms with E-state index >= 15 is 0 Å². The Hall–Kier alpha value is -0.610. The fourth-order valence-corrected chi connectivity index (χ4v) is 3.07. The number of nitrogens with zero attached hydrogens (tertiary/aromatic N) is 1. The summed E-state index contributed by atoms with van der Waals surface area (Å²) in [6, 6.07) is 0.673. The van der Waals surface area contributed by atoms with Gasteiger partial charge >= 0.3 is 5.97 Å². The van der Waals surface area contributed by atoms with E-state index in [4.69, 9.17) is 10.2 Å². The van der Waals surface area contributed by atoms with Gasteiger partial charge in [0.1, 0.15) is 0 Å². The third-order valence-corrected chi connectivity index (χ3v) is 3.83. The summed E-state index contributed by atoms with van der Waals surface area (Å²) in [7, 11) is 0. The second kappa shape index (κ2) is 4.10. The Balaban J connectivity index is 2.00. The summed E-state index contributed by atoms with van der Waals surface area (Å²) in [5, 5.41) is 18.1. The standard InChI is InChI=1S/C11H19NO3/c1-7(6-13)5-12-8-2-3-10(12)9(4-8)11(14)15/h7-10,13H,2-6H2,1H3,(H,14,15). The van der Waals surface area contributed by atoms with Crippen LogP contribution in [0.3, 0.4) is 0 Å². The third-order valence-electron chi connectivity index (χ3n) is 3.83. The van der Waals surface area contributed by atoms with Gasteiger partial charge in [0.25, 0.3) is 0 Å². The van der Waals surface area contributed by atoms with Gasteiger partial charge in [-0.1, -0.05) is 6.92 Å². The maximum atomic E-state index is 11.0. The van der Waals surface area contributed by atoms with Gasteiger partial charge in [-0.3, -0.25) is 9.69 Å². The molecular formula is C11H19NO3. The van der Waals surface area contributed by atoms with Crippen molar-refractivity contribution >= 4 is 5.97 Å². The summed E-state index contributed by atoms with van der Waals surface area (Å²) in [4.78, 5) is 13.3. The molecule has 2 heterocycles. The SMILES string of the molecule is CC(CO)CN1C2CCC1C(C(=O)O)C2. The van der Waals surface area contributed by atoms with Crippen LogP contribution >= 0.6 is 0 Å². The van der Waals surface area contributed by atoms with Gasteiger partial charge in [-0.2, -0.15) is 0 Å². The number of aliphatic hydroxyl groups is 1. The first-order chi connectivity index (χ1) is 7.13. The summed E-state index contributed by atoms with van der Waals surface area (Å²) in [6.45, 7) is 3.04. The van der Waals surface area contributed by atoms with Crippen molar-refractivity contribution in [2.45, 2.75) is 38.3 Å². The first kappa shape index (κ1) is 10.9. The molecule has 0 spiro atoms. The molecule has 15 heavy (non-hydrogen) atoms. The van der Waals surface area contributed by atoms with Crippen molar-refractivity contribution in [1.82, 2.24) is 4.90 Å². The summed E-state index contributed by atoms with van der Waals surface area (Å²) < 4.78 is 0. The summed E-state index contributed by atoms with van der Waals surface area (Å²) in [6.07, 6.45) is 2.95. The second-order valence-electron chi connectivity index (χ2n) is 4.96. The Labute approximate surface area is 89.9 Å². The number of carbonyl (C=O) groups is 1. The zero-order chi connectivity index (χ0) is 11.0. The van der Waals surface area contributed by atoms with Crippen LogP contribution in [0.5, 0.6) is 0 Å². The first-order valence-corrected chi connectivity index (χ1v) is 5.73. The van der Waals surface area contributed by atoms with Gasteiger partial charge in [-0.05, 0) is 25.2 Å². The molecule has 4 unspecified atom stereocenters. The molecule has 0 radical (unpaired) electrons. The van der Waals surface area contributed by atoms with Gasteiger partial charge in [0.05, 0.1) is 5.92 Å². The van der Waals surface area contributed by atoms with E-state index in [0.29, 0.717) is 6.04 Å². The van der Waals surface area contributed by atoms with Gasteiger partial charge in [0.2, 0.25) is 0 Å². The van der Waals surface area contributed by atoms with Gasteiger partial charge in [-0.25, -0.2) is 0 Å². The molecule has 2 bridgehead atoms. The molecule has 4 nitrogen and oxygen atoms in total. The minimum atomic E-state index is -0.649. The summed E-state index contributed by atoms with van der Waals surface area (Å²) >= 11 is 0. The Morgan fingerprint density at radius 3 is 2.80 bits per heavy atom. The van der Waals surface area contributed by atoms with E-state index in [1.807, 2.05) is 6.92 Å². The van der Waals surface area contributed by atoms with E-state index in [9.17, 15) is 4.79 Å². The fraction of sp³-hybridized carbons (Fsp3) is 0.909. The van der Waals surface area contributed by atoms with E-state index in [1.54, 1.807) is 0 Å². The Morgan fingerprint density at radius 2 is 2.27 bits per heavy atom. The Bertz CT molecular complexity index is 256. The second-order valence-corrected chi connectivity index (χ2v) is 4.96. The average Bonchev–Trinajstić information content (AvgIpc) is 2.75. The first-order valence-electron chi connectivity index (χ1n) is 5.73. The highest BCUT2D eigenvalue weighted by atomic mass is 16.4. The van der Waals surface area contributed by atoms with E-state index in [2.05, 4.69) is 4.90 Å². The predicted molar refractivity (Wildman–Crippen MR) is 55.5 cm³/mol. The van der Waals surface area contributed by atoms with E-state index < -0.39 is 5.97 Å². The molecule has 86 valence electrons. The van der Waals surface area contributed by atoms with E-state index in [1.165, 1.54) is 0 Å². The lowest BCUT2D eigenvalue weighted by Gasteiger charge is -2.25. The maximum Gasteiger partial charge on any atom is 0.308 e. The van der Waals surface area contributed by atoms with Gasteiger partial charge in [0, 0.05) is 25.2 Å². The lowest BCUT2D eigenvalue weighted by Crippen LogP contribution is -2.36. The van der Waals surface area contributed by atoms with Crippen LogP contribution < -0.4 is 0 Å². The zero-order valence-electron chi connectivity index (χ0n) is 9.09. The van der Waals surface area contributed by atoms with E-state index in [0.717, 1.165) is 25.8 Å². The average molecular weight is 213 g/mol.